The molecule has 0 aliphatic carbocycles. The Hall–Kier alpha value is -0.510. The van der Waals surface area contributed by atoms with Gasteiger partial charge < -0.3 is 10.3 Å². The van der Waals surface area contributed by atoms with E-state index in [4.69, 9.17) is 0 Å². The van der Waals surface area contributed by atoms with Gasteiger partial charge in [-0.1, -0.05) is 0 Å². The summed E-state index contributed by atoms with van der Waals surface area (Å²) >= 11 is 0. The Morgan fingerprint density at radius 1 is 1.33 bits per heavy atom. The van der Waals surface area contributed by atoms with Crippen molar-refractivity contribution >= 4 is 12.4 Å². The lowest BCUT2D eigenvalue weighted by molar-refractivity contribution is 0.222. The molecule has 1 atom stereocenters. The van der Waals surface area contributed by atoms with Crippen molar-refractivity contribution in [3.63, 3.8) is 0 Å². The maximum Gasteiger partial charge on any atom is 0.0470 e. The summed E-state index contributed by atoms with van der Waals surface area (Å²) in [5.74, 6) is 0. The molecule has 86 valence electrons. The first-order chi connectivity index (χ1) is 6.88. The fourth-order valence-corrected chi connectivity index (χ4v) is 2.05. The van der Waals surface area contributed by atoms with Gasteiger partial charge >= 0.3 is 0 Å². The lowest BCUT2D eigenvalue weighted by Crippen LogP contribution is -2.30. The predicted molar refractivity (Wildman–Crippen MR) is 65.5 cm³/mol. The second kappa shape index (κ2) is 6.16. The maximum absolute atomic E-state index is 3.43. The Balaban J connectivity index is 0.00000112. The molecule has 0 saturated carbocycles. The van der Waals surface area contributed by atoms with Crippen molar-refractivity contribution in [2.24, 2.45) is 0 Å². The van der Waals surface area contributed by atoms with E-state index in [1.807, 2.05) is 6.20 Å². The highest BCUT2D eigenvalue weighted by molar-refractivity contribution is 5.85. The lowest BCUT2D eigenvalue weighted by atomic mass is 10.2. The van der Waals surface area contributed by atoms with E-state index in [-0.39, 0.29) is 12.4 Å². The molecule has 1 aliphatic heterocycles. The number of H-pyrrole nitrogens is 1. The minimum Gasteiger partial charge on any atom is -0.364 e. The van der Waals surface area contributed by atoms with Crippen LogP contribution in [0, 0.1) is 0 Å². The molecule has 1 saturated heterocycles. The summed E-state index contributed by atoms with van der Waals surface area (Å²) in [7, 11) is 0. The molecule has 1 fully saturated rings. The van der Waals surface area contributed by atoms with Gasteiger partial charge in [-0.3, -0.25) is 4.90 Å². The van der Waals surface area contributed by atoms with Gasteiger partial charge in [-0.15, -0.1) is 12.4 Å². The fourth-order valence-electron chi connectivity index (χ4n) is 2.05. The van der Waals surface area contributed by atoms with E-state index in [2.05, 4.69) is 34.3 Å². The first kappa shape index (κ1) is 12.6. The van der Waals surface area contributed by atoms with Crippen LogP contribution in [0.5, 0.6) is 0 Å². The monoisotopic (exact) mass is 229 g/mol. The number of hydrogen-bond acceptors (Lipinski definition) is 2. The number of hydrogen-bond donors (Lipinski definition) is 2. The predicted octanol–water partition coefficient (Wildman–Crippen LogP) is 1.79. The molecule has 1 aliphatic rings. The maximum atomic E-state index is 3.43. The van der Waals surface area contributed by atoms with E-state index >= 15 is 0 Å². The summed E-state index contributed by atoms with van der Waals surface area (Å²) in [5.41, 5.74) is 1.33. The molecule has 1 unspecified atom stereocenters. The van der Waals surface area contributed by atoms with Crippen molar-refractivity contribution in [2.45, 2.75) is 19.4 Å². The average Bonchev–Trinajstić information content (AvgIpc) is 2.59. The van der Waals surface area contributed by atoms with Crippen molar-refractivity contribution in [1.82, 2.24) is 15.2 Å². The van der Waals surface area contributed by atoms with Crippen molar-refractivity contribution in [3.8, 4) is 0 Å². The molecule has 1 aromatic heterocycles. The van der Waals surface area contributed by atoms with Crippen LogP contribution in [-0.2, 0) is 0 Å². The molecule has 3 nitrogen and oxygen atoms in total. The van der Waals surface area contributed by atoms with Gasteiger partial charge in [0.1, 0.15) is 0 Å². The van der Waals surface area contributed by atoms with Crippen molar-refractivity contribution < 1.29 is 0 Å². The summed E-state index contributed by atoms with van der Waals surface area (Å²) in [6.07, 6.45) is 3.26. The first-order valence-electron chi connectivity index (χ1n) is 5.46. The molecule has 2 N–H and O–H groups in total. The zero-order valence-electron chi connectivity index (χ0n) is 9.20. The third kappa shape index (κ3) is 3.23. The Bertz CT molecular complexity index is 253. The molecule has 1 aromatic rings. The fraction of sp³-hybridized carbons (Fsp3) is 0.636. The number of nitrogens with zero attached hydrogens (tertiary/aromatic N) is 1. The van der Waals surface area contributed by atoms with Gasteiger partial charge in [0.05, 0.1) is 0 Å². The van der Waals surface area contributed by atoms with Crippen LogP contribution in [0.1, 0.15) is 25.1 Å². The third-order valence-corrected chi connectivity index (χ3v) is 2.99. The van der Waals surface area contributed by atoms with Gasteiger partial charge in [-0.25, -0.2) is 0 Å². The summed E-state index contributed by atoms with van der Waals surface area (Å²) in [6.45, 7) is 6.91. The number of nitrogens with one attached hydrogen (secondary N) is 2. The van der Waals surface area contributed by atoms with Crippen LogP contribution in [0.4, 0.5) is 0 Å². The van der Waals surface area contributed by atoms with Crippen molar-refractivity contribution in [2.75, 3.05) is 26.2 Å². The Kier molecular flexibility index (Phi) is 5.15. The van der Waals surface area contributed by atoms with Gasteiger partial charge in [0.15, 0.2) is 0 Å². The molecule has 0 amide bonds. The minimum atomic E-state index is 0. The van der Waals surface area contributed by atoms with Gasteiger partial charge in [0.2, 0.25) is 0 Å². The van der Waals surface area contributed by atoms with Crippen LogP contribution in [0.15, 0.2) is 18.3 Å². The van der Waals surface area contributed by atoms with E-state index in [1.54, 1.807) is 0 Å². The zero-order valence-corrected chi connectivity index (χ0v) is 10.0. The number of aromatic amines is 1. The van der Waals surface area contributed by atoms with Crippen LogP contribution in [-0.4, -0.2) is 36.1 Å². The van der Waals surface area contributed by atoms with E-state index in [0.717, 1.165) is 19.6 Å². The summed E-state index contributed by atoms with van der Waals surface area (Å²) in [4.78, 5) is 5.83. The quantitative estimate of drug-likeness (QED) is 0.811. The van der Waals surface area contributed by atoms with Gasteiger partial charge in [0, 0.05) is 37.6 Å². The van der Waals surface area contributed by atoms with Crippen molar-refractivity contribution in [3.05, 3.63) is 24.0 Å². The molecule has 4 heteroatoms. The summed E-state index contributed by atoms with van der Waals surface area (Å²) in [5, 5.41) is 3.43. The van der Waals surface area contributed by atoms with E-state index in [0.29, 0.717) is 6.04 Å². The minimum absolute atomic E-state index is 0. The SMILES string of the molecule is CC(c1ccc[nH]1)N1CCCNCC1.Cl. The first-order valence-corrected chi connectivity index (χ1v) is 5.46. The average molecular weight is 230 g/mol. The molecule has 0 radical (unpaired) electrons. The normalized spacial score (nSPS) is 20.3. The van der Waals surface area contributed by atoms with Crippen LogP contribution in [0.3, 0.4) is 0 Å². The molecular formula is C11H20ClN3. The standard InChI is InChI=1S/C11H19N3.ClH/c1-10(11-4-2-6-13-11)14-8-3-5-12-7-9-14;/h2,4,6,10,12-13H,3,5,7-9H2,1H3;1H. The van der Waals surface area contributed by atoms with Gasteiger partial charge in [-0.05, 0) is 32.0 Å². The van der Waals surface area contributed by atoms with E-state index < -0.39 is 0 Å². The van der Waals surface area contributed by atoms with E-state index in [1.165, 1.54) is 18.7 Å². The summed E-state index contributed by atoms with van der Waals surface area (Å²) in [6, 6.07) is 4.76. The molecule has 2 rings (SSSR count). The van der Waals surface area contributed by atoms with Gasteiger partial charge in [0.25, 0.3) is 0 Å². The number of aromatic nitrogens is 1. The van der Waals surface area contributed by atoms with E-state index in [9.17, 15) is 0 Å². The second-order valence-electron chi connectivity index (χ2n) is 3.94. The highest BCUT2D eigenvalue weighted by Crippen LogP contribution is 2.18. The molecule has 0 spiro atoms. The van der Waals surface area contributed by atoms with Crippen LogP contribution >= 0.6 is 12.4 Å². The Labute approximate surface area is 97.7 Å². The third-order valence-electron chi connectivity index (χ3n) is 2.99. The Morgan fingerprint density at radius 3 is 2.93 bits per heavy atom. The number of rotatable bonds is 2. The zero-order chi connectivity index (χ0) is 9.80. The van der Waals surface area contributed by atoms with Crippen LogP contribution in [0.2, 0.25) is 0 Å². The molecular weight excluding hydrogens is 210 g/mol. The number of halogens is 1. The van der Waals surface area contributed by atoms with Gasteiger partial charge in [-0.2, -0.15) is 0 Å². The van der Waals surface area contributed by atoms with Crippen LogP contribution < -0.4 is 5.32 Å². The topological polar surface area (TPSA) is 31.1 Å². The highest BCUT2D eigenvalue weighted by Gasteiger charge is 2.16. The second-order valence-corrected chi connectivity index (χ2v) is 3.94. The largest absolute Gasteiger partial charge is 0.364 e. The summed E-state index contributed by atoms with van der Waals surface area (Å²) < 4.78 is 0. The molecule has 0 aromatic carbocycles. The smallest absolute Gasteiger partial charge is 0.0470 e. The van der Waals surface area contributed by atoms with Crippen LogP contribution in [0.25, 0.3) is 0 Å². The Morgan fingerprint density at radius 2 is 2.20 bits per heavy atom. The molecule has 15 heavy (non-hydrogen) atoms. The molecule has 0 bridgehead atoms. The highest BCUT2D eigenvalue weighted by atomic mass is 35.5. The lowest BCUT2D eigenvalue weighted by Gasteiger charge is -2.26. The van der Waals surface area contributed by atoms with Crippen molar-refractivity contribution in [1.29, 1.82) is 0 Å². The molecule has 2 heterocycles.